The molecule has 8 heteroatoms. The van der Waals surface area contributed by atoms with Crippen LogP contribution in [0.25, 0.3) is 0 Å². The number of carboxylic acid groups (broad SMARTS) is 2. The lowest BCUT2D eigenvalue weighted by Gasteiger charge is -2.10. The highest BCUT2D eigenvalue weighted by Crippen LogP contribution is 2.01. The first-order valence-electron chi connectivity index (χ1n) is 4.62. The first-order chi connectivity index (χ1) is 7.77. The van der Waals surface area contributed by atoms with Crippen molar-refractivity contribution in [3.8, 4) is 0 Å². The summed E-state index contributed by atoms with van der Waals surface area (Å²) in [5.74, 6) is -3.37. The largest absolute Gasteiger partial charge is 0.477 e. The Morgan fingerprint density at radius 1 is 1.18 bits per heavy atom. The maximum atomic E-state index is 11.7. The van der Waals surface area contributed by atoms with Crippen LogP contribution in [0.15, 0.2) is 9.59 Å². The molecular formula is C9H10N2O6. The third-order valence-corrected chi connectivity index (χ3v) is 2.08. The standard InChI is InChI=1S/C9H10N2O6/c1-3(2)11-6(12)4(7(13)14)5(8(15)16)10-9(11)17/h3H,1-2H3,(H,10,17)(H,13,14)(H,15,16). The summed E-state index contributed by atoms with van der Waals surface area (Å²) in [7, 11) is 0. The van der Waals surface area contributed by atoms with Crippen LogP contribution in [0.2, 0.25) is 0 Å². The lowest BCUT2D eigenvalue weighted by molar-refractivity contribution is 0.0642. The second-order valence-corrected chi connectivity index (χ2v) is 3.56. The van der Waals surface area contributed by atoms with E-state index in [9.17, 15) is 19.2 Å². The van der Waals surface area contributed by atoms with Gasteiger partial charge in [-0.05, 0) is 13.8 Å². The van der Waals surface area contributed by atoms with Crippen LogP contribution >= 0.6 is 0 Å². The molecular weight excluding hydrogens is 232 g/mol. The van der Waals surface area contributed by atoms with Gasteiger partial charge in [-0.25, -0.2) is 14.4 Å². The quantitative estimate of drug-likeness (QED) is 0.656. The molecule has 1 heterocycles. The van der Waals surface area contributed by atoms with Gasteiger partial charge in [0.2, 0.25) is 0 Å². The van der Waals surface area contributed by atoms with E-state index in [1.807, 2.05) is 4.98 Å². The van der Waals surface area contributed by atoms with Crippen LogP contribution in [0.1, 0.15) is 40.7 Å². The van der Waals surface area contributed by atoms with Crippen LogP contribution < -0.4 is 11.2 Å². The Labute approximate surface area is 94.1 Å². The van der Waals surface area contributed by atoms with Crippen LogP contribution in [-0.2, 0) is 0 Å². The molecule has 0 aliphatic heterocycles. The summed E-state index contributed by atoms with van der Waals surface area (Å²) in [6.45, 7) is 3.01. The first-order valence-corrected chi connectivity index (χ1v) is 4.62. The first kappa shape index (κ1) is 12.7. The monoisotopic (exact) mass is 242 g/mol. The number of rotatable bonds is 3. The van der Waals surface area contributed by atoms with Gasteiger partial charge in [0.1, 0.15) is 5.69 Å². The van der Waals surface area contributed by atoms with Crippen LogP contribution in [0.3, 0.4) is 0 Å². The fourth-order valence-electron chi connectivity index (χ4n) is 1.38. The van der Waals surface area contributed by atoms with Crippen molar-refractivity contribution in [3.05, 3.63) is 32.1 Å². The van der Waals surface area contributed by atoms with E-state index in [0.717, 1.165) is 0 Å². The molecule has 0 spiro atoms. The molecule has 1 aromatic heterocycles. The van der Waals surface area contributed by atoms with Crippen molar-refractivity contribution in [2.45, 2.75) is 19.9 Å². The maximum absolute atomic E-state index is 11.7. The Hall–Kier alpha value is -2.38. The molecule has 0 aliphatic rings. The van der Waals surface area contributed by atoms with Gasteiger partial charge in [-0.15, -0.1) is 0 Å². The molecule has 0 radical (unpaired) electrons. The molecule has 92 valence electrons. The minimum atomic E-state index is -1.70. The van der Waals surface area contributed by atoms with Gasteiger partial charge in [0, 0.05) is 6.04 Å². The molecule has 1 aromatic rings. The SMILES string of the molecule is CC(C)n1c(=O)[nH]c(C(=O)O)c(C(=O)O)c1=O. The lowest BCUT2D eigenvalue weighted by Crippen LogP contribution is -2.41. The predicted octanol–water partition coefficient (Wildman–Crippen LogP) is -0.486. The normalized spacial score (nSPS) is 10.5. The summed E-state index contributed by atoms with van der Waals surface area (Å²) in [6.07, 6.45) is 0. The van der Waals surface area contributed by atoms with Gasteiger partial charge in [-0.2, -0.15) is 0 Å². The van der Waals surface area contributed by atoms with Gasteiger partial charge in [0.15, 0.2) is 5.56 Å². The van der Waals surface area contributed by atoms with Crippen molar-refractivity contribution in [2.24, 2.45) is 0 Å². The Balaban J connectivity index is 3.84. The van der Waals surface area contributed by atoms with Gasteiger partial charge >= 0.3 is 17.6 Å². The highest BCUT2D eigenvalue weighted by atomic mass is 16.4. The van der Waals surface area contributed by atoms with E-state index in [1.54, 1.807) is 0 Å². The zero-order valence-electron chi connectivity index (χ0n) is 9.05. The molecule has 1 rings (SSSR count). The molecule has 3 N–H and O–H groups in total. The summed E-state index contributed by atoms with van der Waals surface area (Å²) in [5.41, 5.74) is -3.95. The highest BCUT2D eigenvalue weighted by Gasteiger charge is 2.24. The number of aromatic carboxylic acids is 2. The fourth-order valence-corrected chi connectivity index (χ4v) is 1.38. The van der Waals surface area contributed by atoms with Crippen molar-refractivity contribution in [1.82, 2.24) is 9.55 Å². The van der Waals surface area contributed by atoms with Crippen LogP contribution in [0.4, 0.5) is 0 Å². The second-order valence-electron chi connectivity index (χ2n) is 3.56. The van der Waals surface area contributed by atoms with Crippen LogP contribution in [0.5, 0.6) is 0 Å². The molecule has 0 unspecified atom stereocenters. The van der Waals surface area contributed by atoms with Gasteiger partial charge in [-0.3, -0.25) is 9.36 Å². The number of nitrogens with zero attached hydrogens (tertiary/aromatic N) is 1. The van der Waals surface area contributed by atoms with E-state index in [-0.39, 0.29) is 0 Å². The summed E-state index contributed by atoms with van der Waals surface area (Å²) in [4.78, 5) is 46.6. The number of carbonyl (C=O) groups is 2. The molecule has 0 aromatic carbocycles. The molecule has 0 atom stereocenters. The number of hydrogen-bond acceptors (Lipinski definition) is 4. The number of aromatic nitrogens is 2. The lowest BCUT2D eigenvalue weighted by atomic mass is 10.2. The van der Waals surface area contributed by atoms with Gasteiger partial charge in [0.05, 0.1) is 0 Å². The molecule has 8 nitrogen and oxygen atoms in total. The third-order valence-electron chi connectivity index (χ3n) is 2.08. The number of aromatic amines is 1. The Kier molecular flexibility index (Phi) is 3.16. The third kappa shape index (κ3) is 2.10. The minimum absolute atomic E-state index is 0.577. The average Bonchev–Trinajstić information content (AvgIpc) is 2.14. The molecule has 0 saturated heterocycles. The Morgan fingerprint density at radius 3 is 2.06 bits per heavy atom. The van der Waals surface area contributed by atoms with Gasteiger partial charge in [0.25, 0.3) is 5.56 Å². The van der Waals surface area contributed by atoms with E-state index >= 15 is 0 Å². The average molecular weight is 242 g/mol. The molecule has 0 amide bonds. The van der Waals surface area contributed by atoms with Crippen molar-refractivity contribution < 1.29 is 19.8 Å². The van der Waals surface area contributed by atoms with Crippen molar-refractivity contribution in [2.75, 3.05) is 0 Å². The zero-order chi connectivity index (χ0) is 13.3. The molecule has 17 heavy (non-hydrogen) atoms. The molecule has 0 bridgehead atoms. The van der Waals surface area contributed by atoms with E-state index in [4.69, 9.17) is 10.2 Å². The van der Waals surface area contributed by atoms with Crippen molar-refractivity contribution in [1.29, 1.82) is 0 Å². The van der Waals surface area contributed by atoms with Crippen LogP contribution in [0, 0.1) is 0 Å². The van der Waals surface area contributed by atoms with Gasteiger partial charge < -0.3 is 15.2 Å². The topological polar surface area (TPSA) is 129 Å². The summed E-state index contributed by atoms with van der Waals surface area (Å²) in [6, 6.07) is -0.577. The molecule has 0 saturated carbocycles. The highest BCUT2D eigenvalue weighted by molar-refractivity contribution is 5.99. The second kappa shape index (κ2) is 4.24. The fraction of sp³-hybridized carbons (Fsp3) is 0.333. The predicted molar refractivity (Wildman–Crippen MR) is 55.6 cm³/mol. The van der Waals surface area contributed by atoms with E-state index < -0.39 is 40.5 Å². The molecule has 0 aliphatic carbocycles. The van der Waals surface area contributed by atoms with E-state index in [2.05, 4.69) is 0 Å². The molecule has 0 fully saturated rings. The smallest absolute Gasteiger partial charge is 0.353 e. The summed E-state index contributed by atoms with van der Waals surface area (Å²) < 4.78 is 0.649. The van der Waals surface area contributed by atoms with Crippen molar-refractivity contribution >= 4 is 11.9 Å². The Bertz CT molecular complexity index is 594. The minimum Gasteiger partial charge on any atom is -0.477 e. The maximum Gasteiger partial charge on any atom is 0.353 e. The number of carboxylic acids is 2. The zero-order valence-corrected chi connectivity index (χ0v) is 9.05. The summed E-state index contributed by atoms with van der Waals surface area (Å²) in [5, 5.41) is 17.5. The number of hydrogen-bond donors (Lipinski definition) is 3. The number of nitrogens with one attached hydrogen (secondary N) is 1. The van der Waals surface area contributed by atoms with Crippen LogP contribution in [-0.4, -0.2) is 31.7 Å². The van der Waals surface area contributed by atoms with Crippen molar-refractivity contribution in [3.63, 3.8) is 0 Å². The summed E-state index contributed by atoms with van der Waals surface area (Å²) >= 11 is 0. The number of H-pyrrole nitrogens is 1. The van der Waals surface area contributed by atoms with E-state index in [0.29, 0.717) is 4.57 Å². The van der Waals surface area contributed by atoms with Gasteiger partial charge in [-0.1, -0.05) is 0 Å². The Morgan fingerprint density at radius 2 is 1.71 bits per heavy atom. The van der Waals surface area contributed by atoms with E-state index in [1.165, 1.54) is 13.8 Å².